The largest absolute Gasteiger partial charge is 0.397 e. The monoisotopic (exact) mass is 303 g/mol. The molecular weight excluding hydrogens is 286 g/mol. The number of thiophene rings is 1. The predicted octanol–water partition coefficient (Wildman–Crippen LogP) is 1.74. The summed E-state index contributed by atoms with van der Waals surface area (Å²) >= 11 is 1.39. The molecule has 3 rings (SSSR count). The first-order valence-electron chi connectivity index (χ1n) is 6.99. The topological polar surface area (TPSA) is 84.2 Å². The van der Waals surface area contributed by atoms with Crippen LogP contribution >= 0.6 is 11.3 Å². The normalized spacial score (nSPS) is 14.1. The van der Waals surface area contributed by atoms with Gasteiger partial charge in [-0.3, -0.25) is 9.59 Å². The Hall–Kier alpha value is -2.08. The Morgan fingerprint density at radius 2 is 1.90 bits per heavy atom. The molecule has 0 radical (unpaired) electrons. The first kappa shape index (κ1) is 13.9. The smallest absolute Gasteiger partial charge is 0.263 e. The SMILES string of the molecule is Nc1c(C(=O)NCCNC(=O)C2CC2)sc2ccccc12. The van der Waals surface area contributed by atoms with E-state index in [9.17, 15) is 9.59 Å². The van der Waals surface area contributed by atoms with Gasteiger partial charge < -0.3 is 16.4 Å². The number of nitrogens with two attached hydrogens (primary N) is 1. The second kappa shape index (κ2) is 5.73. The molecule has 1 aromatic heterocycles. The van der Waals surface area contributed by atoms with Crippen molar-refractivity contribution in [2.24, 2.45) is 5.92 Å². The van der Waals surface area contributed by atoms with Crippen LogP contribution in [0, 0.1) is 5.92 Å². The summed E-state index contributed by atoms with van der Waals surface area (Å²) in [5.41, 5.74) is 6.54. The number of amides is 2. The average Bonchev–Trinajstić information content (AvgIpc) is 3.28. The van der Waals surface area contributed by atoms with E-state index in [0.29, 0.717) is 23.7 Å². The first-order chi connectivity index (χ1) is 10.2. The van der Waals surface area contributed by atoms with Crippen LogP contribution in [0.4, 0.5) is 5.69 Å². The van der Waals surface area contributed by atoms with E-state index in [1.807, 2.05) is 24.3 Å². The Balaban J connectivity index is 1.56. The summed E-state index contributed by atoms with van der Waals surface area (Å²) in [7, 11) is 0. The number of carbonyl (C=O) groups is 2. The number of anilines is 1. The zero-order valence-electron chi connectivity index (χ0n) is 11.5. The van der Waals surface area contributed by atoms with Crippen molar-refractivity contribution in [3.8, 4) is 0 Å². The molecule has 0 atom stereocenters. The fraction of sp³-hybridized carbons (Fsp3) is 0.333. The lowest BCUT2D eigenvalue weighted by Crippen LogP contribution is -2.35. The fourth-order valence-corrected chi connectivity index (χ4v) is 3.21. The van der Waals surface area contributed by atoms with E-state index in [2.05, 4.69) is 10.6 Å². The van der Waals surface area contributed by atoms with Crippen LogP contribution in [0.1, 0.15) is 22.5 Å². The maximum absolute atomic E-state index is 12.1. The molecule has 1 aliphatic carbocycles. The highest BCUT2D eigenvalue weighted by atomic mass is 32.1. The molecule has 2 amide bonds. The number of hydrogen-bond donors (Lipinski definition) is 3. The maximum atomic E-state index is 12.1. The summed E-state index contributed by atoms with van der Waals surface area (Å²) in [6.45, 7) is 0.858. The first-order valence-corrected chi connectivity index (χ1v) is 7.81. The lowest BCUT2D eigenvalue weighted by molar-refractivity contribution is -0.122. The van der Waals surface area contributed by atoms with Gasteiger partial charge in [-0.15, -0.1) is 11.3 Å². The summed E-state index contributed by atoms with van der Waals surface area (Å²) in [4.78, 5) is 24.1. The molecular formula is C15H17N3O2S. The van der Waals surface area contributed by atoms with Gasteiger partial charge in [0.2, 0.25) is 5.91 Å². The number of nitrogen functional groups attached to an aromatic ring is 1. The molecule has 21 heavy (non-hydrogen) atoms. The van der Waals surface area contributed by atoms with Gasteiger partial charge in [0, 0.05) is 29.1 Å². The summed E-state index contributed by atoms with van der Waals surface area (Å²) in [6.07, 6.45) is 1.97. The fourth-order valence-electron chi connectivity index (χ4n) is 2.17. The van der Waals surface area contributed by atoms with E-state index in [4.69, 9.17) is 5.73 Å². The van der Waals surface area contributed by atoms with Crippen LogP contribution in [0.3, 0.4) is 0 Å². The van der Waals surface area contributed by atoms with E-state index >= 15 is 0 Å². The van der Waals surface area contributed by atoms with Gasteiger partial charge in [-0.1, -0.05) is 18.2 Å². The van der Waals surface area contributed by atoms with Gasteiger partial charge in [0.15, 0.2) is 0 Å². The molecule has 0 aliphatic heterocycles. The van der Waals surface area contributed by atoms with Gasteiger partial charge in [0.25, 0.3) is 5.91 Å². The average molecular weight is 303 g/mol. The predicted molar refractivity (Wildman–Crippen MR) is 84.3 cm³/mol. The van der Waals surface area contributed by atoms with E-state index < -0.39 is 0 Å². The second-order valence-electron chi connectivity index (χ2n) is 5.16. The Kier molecular flexibility index (Phi) is 3.79. The van der Waals surface area contributed by atoms with Crippen molar-refractivity contribution in [3.05, 3.63) is 29.1 Å². The highest BCUT2D eigenvalue weighted by Crippen LogP contribution is 2.33. The van der Waals surface area contributed by atoms with Gasteiger partial charge in [0.1, 0.15) is 4.88 Å². The molecule has 1 fully saturated rings. The van der Waals surface area contributed by atoms with Crippen LogP contribution in [0.15, 0.2) is 24.3 Å². The summed E-state index contributed by atoms with van der Waals surface area (Å²) in [5.74, 6) is 0.0962. The quantitative estimate of drug-likeness (QED) is 0.736. The van der Waals surface area contributed by atoms with E-state index in [1.54, 1.807) is 0 Å². The number of carbonyl (C=O) groups excluding carboxylic acids is 2. The summed E-state index contributed by atoms with van der Waals surface area (Å²) in [5, 5.41) is 6.52. The third-order valence-corrected chi connectivity index (χ3v) is 4.68. The minimum Gasteiger partial charge on any atom is -0.397 e. The third-order valence-electron chi connectivity index (χ3n) is 3.50. The van der Waals surface area contributed by atoms with Crippen molar-refractivity contribution in [3.63, 3.8) is 0 Å². The van der Waals surface area contributed by atoms with E-state index in [0.717, 1.165) is 22.9 Å². The zero-order chi connectivity index (χ0) is 14.8. The van der Waals surface area contributed by atoms with Crippen LogP contribution in [0.2, 0.25) is 0 Å². The molecule has 1 aromatic carbocycles. The Labute approximate surface area is 126 Å². The highest BCUT2D eigenvalue weighted by molar-refractivity contribution is 7.21. The molecule has 4 N–H and O–H groups in total. The standard InChI is InChI=1S/C15H17N3O2S/c16-12-10-3-1-2-4-11(10)21-13(12)15(20)18-8-7-17-14(19)9-5-6-9/h1-4,9H,5-8,16H2,(H,17,19)(H,18,20). The van der Waals surface area contributed by atoms with Crippen molar-refractivity contribution in [1.29, 1.82) is 0 Å². The molecule has 0 spiro atoms. The Bertz CT molecular complexity index is 691. The molecule has 2 aromatic rings. The van der Waals surface area contributed by atoms with E-state index in [-0.39, 0.29) is 17.7 Å². The van der Waals surface area contributed by atoms with Crippen molar-refractivity contribution in [2.45, 2.75) is 12.8 Å². The second-order valence-corrected chi connectivity index (χ2v) is 6.21. The van der Waals surface area contributed by atoms with Crippen molar-refractivity contribution in [1.82, 2.24) is 10.6 Å². The van der Waals surface area contributed by atoms with Crippen LogP contribution in [-0.2, 0) is 4.79 Å². The molecule has 1 heterocycles. The van der Waals surface area contributed by atoms with Gasteiger partial charge in [-0.2, -0.15) is 0 Å². The number of hydrogen-bond acceptors (Lipinski definition) is 4. The molecule has 110 valence electrons. The third kappa shape index (κ3) is 3.00. The minimum absolute atomic E-state index is 0.0885. The molecule has 1 aliphatic rings. The number of rotatable bonds is 5. The number of benzene rings is 1. The summed E-state index contributed by atoms with van der Waals surface area (Å²) < 4.78 is 1.00. The van der Waals surface area contributed by atoms with Gasteiger partial charge in [-0.25, -0.2) is 0 Å². The van der Waals surface area contributed by atoms with Crippen molar-refractivity contribution < 1.29 is 9.59 Å². The maximum Gasteiger partial charge on any atom is 0.263 e. The van der Waals surface area contributed by atoms with Crippen LogP contribution < -0.4 is 16.4 Å². The Morgan fingerprint density at radius 1 is 1.19 bits per heavy atom. The highest BCUT2D eigenvalue weighted by Gasteiger charge is 2.29. The van der Waals surface area contributed by atoms with Crippen molar-refractivity contribution >= 4 is 38.9 Å². The molecule has 0 saturated heterocycles. The van der Waals surface area contributed by atoms with Crippen molar-refractivity contribution in [2.75, 3.05) is 18.8 Å². The van der Waals surface area contributed by atoms with Crippen LogP contribution in [-0.4, -0.2) is 24.9 Å². The summed E-state index contributed by atoms with van der Waals surface area (Å²) in [6, 6.07) is 7.69. The molecule has 6 heteroatoms. The minimum atomic E-state index is -0.186. The molecule has 0 unspecified atom stereocenters. The lowest BCUT2D eigenvalue weighted by Gasteiger charge is -2.06. The van der Waals surface area contributed by atoms with E-state index in [1.165, 1.54) is 11.3 Å². The van der Waals surface area contributed by atoms with Gasteiger partial charge >= 0.3 is 0 Å². The van der Waals surface area contributed by atoms with Crippen LogP contribution in [0.5, 0.6) is 0 Å². The molecule has 1 saturated carbocycles. The number of fused-ring (bicyclic) bond motifs is 1. The Morgan fingerprint density at radius 3 is 2.62 bits per heavy atom. The van der Waals surface area contributed by atoms with Gasteiger partial charge in [-0.05, 0) is 18.9 Å². The van der Waals surface area contributed by atoms with Gasteiger partial charge in [0.05, 0.1) is 5.69 Å². The molecule has 0 bridgehead atoms. The number of nitrogens with one attached hydrogen (secondary N) is 2. The zero-order valence-corrected chi connectivity index (χ0v) is 12.3. The van der Waals surface area contributed by atoms with Crippen LogP contribution in [0.25, 0.3) is 10.1 Å². The molecule has 5 nitrogen and oxygen atoms in total. The lowest BCUT2D eigenvalue weighted by atomic mass is 10.2.